The number of hydrogen-bond acceptors (Lipinski definition) is 4. The Kier molecular flexibility index (Phi) is 4.73. The van der Waals surface area contributed by atoms with E-state index < -0.39 is 6.36 Å². The third kappa shape index (κ3) is 4.04. The first-order valence-electron chi connectivity index (χ1n) is 7.98. The van der Waals surface area contributed by atoms with Crippen molar-refractivity contribution in [2.75, 3.05) is 37.7 Å². The number of cyclic esters (lactones) is 1. The van der Waals surface area contributed by atoms with Gasteiger partial charge in [0.25, 0.3) is 0 Å². The highest BCUT2D eigenvalue weighted by atomic mass is 19.4. The Labute approximate surface area is 137 Å². The minimum absolute atomic E-state index is 0.178. The zero-order chi connectivity index (χ0) is 17.2. The SMILES string of the molecule is O=C1OCCN1CCCN1CCCc2cc(OC(F)(F)F)ccc21. The van der Waals surface area contributed by atoms with Gasteiger partial charge in [-0.1, -0.05) is 0 Å². The molecular formula is C16H19F3N2O3. The maximum atomic E-state index is 12.3. The first-order valence-corrected chi connectivity index (χ1v) is 7.98. The van der Waals surface area contributed by atoms with Gasteiger partial charge in [0.2, 0.25) is 0 Å². The lowest BCUT2D eigenvalue weighted by atomic mass is 10.0. The fraction of sp³-hybridized carbons (Fsp3) is 0.562. The van der Waals surface area contributed by atoms with Gasteiger partial charge in [-0.15, -0.1) is 13.2 Å². The lowest BCUT2D eigenvalue weighted by Gasteiger charge is -2.32. The minimum Gasteiger partial charge on any atom is -0.448 e. The van der Waals surface area contributed by atoms with Crippen LogP contribution in [0, 0.1) is 0 Å². The van der Waals surface area contributed by atoms with E-state index in [0.29, 0.717) is 19.7 Å². The standard InChI is InChI=1S/C16H19F3N2O3/c17-16(18,19)24-13-4-5-14-12(11-13)3-1-6-20(14)7-2-8-21-9-10-23-15(21)22/h4-5,11H,1-3,6-10H2. The molecule has 24 heavy (non-hydrogen) atoms. The minimum atomic E-state index is -4.67. The summed E-state index contributed by atoms with van der Waals surface area (Å²) >= 11 is 0. The van der Waals surface area contributed by atoms with Crippen LogP contribution in [-0.2, 0) is 11.2 Å². The van der Waals surface area contributed by atoms with Crippen molar-refractivity contribution < 1.29 is 27.4 Å². The van der Waals surface area contributed by atoms with Gasteiger partial charge in [-0.2, -0.15) is 0 Å². The van der Waals surface area contributed by atoms with Crippen LogP contribution in [0.5, 0.6) is 5.75 Å². The quantitative estimate of drug-likeness (QED) is 0.823. The van der Waals surface area contributed by atoms with Crippen LogP contribution in [-0.4, -0.2) is 50.1 Å². The molecule has 0 aromatic heterocycles. The molecular weight excluding hydrogens is 325 g/mol. The number of halogens is 3. The number of aryl methyl sites for hydroxylation is 1. The molecule has 3 rings (SSSR count). The molecule has 0 N–H and O–H groups in total. The maximum Gasteiger partial charge on any atom is 0.573 e. The second-order valence-corrected chi connectivity index (χ2v) is 5.88. The van der Waals surface area contributed by atoms with Crippen LogP contribution in [0.25, 0.3) is 0 Å². The summed E-state index contributed by atoms with van der Waals surface area (Å²) in [6.45, 7) is 3.29. The summed E-state index contributed by atoms with van der Waals surface area (Å²) < 4.78 is 45.8. The molecule has 0 saturated carbocycles. The molecule has 8 heteroatoms. The second-order valence-electron chi connectivity index (χ2n) is 5.88. The Hall–Kier alpha value is -2.12. The highest BCUT2D eigenvalue weighted by Gasteiger charge is 2.31. The molecule has 5 nitrogen and oxygen atoms in total. The highest BCUT2D eigenvalue weighted by Crippen LogP contribution is 2.32. The van der Waals surface area contributed by atoms with Gasteiger partial charge in [0.05, 0.1) is 6.54 Å². The summed E-state index contributed by atoms with van der Waals surface area (Å²) in [4.78, 5) is 15.2. The van der Waals surface area contributed by atoms with Crippen LogP contribution in [0.4, 0.5) is 23.7 Å². The third-order valence-electron chi connectivity index (χ3n) is 4.20. The molecule has 1 fully saturated rings. The van der Waals surface area contributed by atoms with Crippen molar-refractivity contribution >= 4 is 11.8 Å². The van der Waals surface area contributed by atoms with Crippen molar-refractivity contribution in [3.8, 4) is 5.75 Å². The Morgan fingerprint density at radius 2 is 1.96 bits per heavy atom. The number of fused-ring (bicyclic) bond motifs is 1. The number of carbonyl (C=O) groups is 1. The van der Waals surface area contributed by atoms with Crippen LogP contribution in [0.1, 0.15) is 18.4 Å². The van der Waals surface area contributed by atoms with E-state index >= 15 is 0 Å². The van der Waals surface area contributed by atoms with E-state index in [0.717, 1.165) is 43.6 Å². The monoisotopic (exact) mass is 344 g/mol. The molecule has 2 aliphatic heterocycles. The molecule has 2 aliphatic rings. The number of benzene rings is 1. The van der Waals surface area contributed by atoms with Gasteiger partial charge in [0, 0.05) is 25.3 Å². The van der Waals surface area contributed by atoms with Gasteiger partial charge in [0.15, 0.2) is 0 Å². The summed E-state index contributed by atoms with van der Waals surface area (Å²) in [6, 6.07) is 4.50. The van der Waals surface area contributed by atoms with Crippen LogP contribution >= 0.6 is 0 Å². The van der Waals surface area contributed by atoms with Crippen molar-refractivity contribution in [2.24, 2.45) is 0 Å². The Morgan fingerprint density at radius 3 is 2.67 bits per heavy atom. The molecule has 132 valence electrons. The van der Waals surface area contributed by atoms with Crippen molar-refractivity contribution in [1.29, 1.82) is 0 Å². The Bertz CT molecular complexity index is 607. The van der Waals surface area contributed by atoms with Gasteiger partial charge in [-0.05, 0) is 43.0 Å². The number of alkyl halides is 3. The normalized spacial score (nSPS) is 17.7. The van der Waals surface area contributed by atoms with E-state index in [9.17, 15) is 18.0 Å². The van der Waals surface area contributed by atoms with Crippen molar-refractivity contribution in [2.45, 2.75) is 25.6 Å². The van der Waals surface area contributed by atoms with Crippen LogP contribution < -0.4 is 9.64 Å². The summed E-state index contributed by atoms with van der Waals surface area (Å²) in [5.74, 6) is -0.178. The van der Waals surface area contributed by atoms with E-state index in [4.69, 9.17) is 4.74 Å². The summed E-state index contributed by atoms with van der Waals surface area (Å²) in [5, 5.41) is 0. The van der Waals surface area contributed by atoms with Crippen LogP contribution in [0.15, 0.2) is 18.2 Å². The number of amides is 1. The number of nitrogens with zero attached hydrogens (tertiary/aromatic N) is 2. The number of carbonyl (C=O) groups excluding carboxylic acids is 1. The number of anilines is 1. The molecule has 0 atom stereocenters. The smallest absolute Gasteiger partial charge is 0.448 e. The summed E-state index contributed by atoms with van der Waals surface area (Å²) in [6.07, 6.45) is -2.54. The average molecular weight is 344 g/mol. The molecule has 1 aromatic rings. The predicted molar refractivity (Wildman–Crippen MR) is 81.2 cm³/mol. The summed E-state index contributed by atoms with van der Waals surface area (Å²) in [5.41, 5.74) is 1.81. The summed E-state index contributed by atoms with van der Waals surface area (Å²) in [7, 11) is 0. The molecule has 0 radical (unpaired) electrons. The number of ether oxygens (including phenoxy) is 2. The van der Waals surface area contributed by atoms with Crippen LogP contribution in [0.3, 0.4) is 0 Å². The van der Waals surface area contributed by atoms with E-state index in [-0.39, 0.29) is 11.8 Å². The van der Waals surface area contributed by atoms with Crippen molar-refractivity contribution in [3.63, 3.8) is 0 Å². The highest BCUT2D eigenvalue weighted by molar-refractivity contribution is 5.69. The van der Waals surface area contributed by atoms with E-state index in [1.165, 1.54) is 12.1 Å². The van der Waals surface area contributed by atoms with Crippen molar-refractivity contribution in [3.05, 3.63) is 23.8 Å². The van der Waals surface area contributed by atoms with Crippen molar-refractivity contribution in [1.82, 2.24) is 4.90 Å². The molecule has 0 spiro atoms. The Balaban J connectivity index is 1.60. The first kappa shape index (κ1) is 16.7. The number of hydrogen-bond donors (Lipinski definition) is 0. The second kappa shape index (κ2) is 6.78. The fourth-order valence-electron chi connectivity index (χ4n) is 3.16. The molecule has 2 heterocycles. The average Bonchev–Trinajstić information content (AvgIpc) is 2.91. The van der Waals surface area contributed by atoms with E-state index in [2.05, 4.69) is 9.64 Å². The van der Waals surface area contributed by atoms with Gasteiger partial charge >= 0.3 is 12.5 Å². The zero-order valence-electron chi connectivity index (χ0n) is 13.1. The maximum absolute atomic E-state index is 12.3. The van der Waals surface area contributed by atoms with E-state index in [1.54, 1.807) is 11.0 Å². The molecule has 0 aliphatic carbocycles. The molecule has 0 bridgehead atoms. The zero-order valence-corrected chi connectivity index (χ0v) is 13.1. The van der Waals surface area contributed by atoms with E-state index in [1.807, 2.05) is 0 Å². The lowest BCUT2D eigenvalue weighted by molar-refractivity contribution is -0.274. The molecule has 1 aromatic carbocycles. The lowest BCUT2D eigenvalue weighted by Crippen LogP contribution is -2.33. The van der Waals surface area contributed by atoms with Gasteiger partial charge < -0.3 is 19.3 Å². The Morgan fingerprint density at radius 1 is 1.17 bits per heavy atom. The molecule has 1 saturated heterocycles. The first-order chi connectivity index (χ1) is 11.4. The van der Waals surface area contributed by atoms with Crippen LogP contribution in [0.2, 0.25) is 0 Å². The van der Waals surface area contributed by atoms with Gasteiger partial charge in [-0.3, -0.25) is 0 Å². The largest absolute Gasteiger partial charge is 0.573 e. The molecule has 0 unspecified atom stereocenters. The van der Waals surface area contributed by atoms with Gasteiger partial charge in [0.1, 0.15) is 12.4 Å². The topological polar surface area (TPSA) is 42.0 Å². The molecule has 1 amide bonds. The fourth-order valence-corrected chi connectivity index (χ4v) is 3.16. The third-order valence-corrected chi connectivity index (χ3v) is 4.20. The number of rotatable bonds is 5. The van der Waals surface area contributed by atoms with Gasteiger partial charge in [-0.25, -0.2) is 4.79 Å². The predicted octanol–water partition coefficient (Wildman–Crippen LogP) is 3.18.